The van der Waals surface area contributed by atoms with Crippen molar-refractivity contribution in [2.24, 2.45) is 0 Å². The maximum atomic E-state index is 12.7. The summed E-state index contributed by atoms with van der Waals surface area (Å²) in [6, 6.07) is 4.51. The molecule has 0 spiro atoms. The summed E-state index contributed by atoms with van der Waals surface area (Å²) in [5, 5.41) is 9.34. The van der Waals surface area contributed by atoms with Gasteiger partial charge in [0, 0.05) is 43.8 Å². The molecule has 0 atom stereocenters. The number of aliphatic hydroxyl groups is 1. The summed E-state index contributed by atoms with van der Waals surface area (Å²) >= 11 is 5.87. The lowest BCUT2D eigenvalue weighted by atomic mass is 10.3. The van der Waals surface area contributed by atoms with E-state index >= 15 is 0 Å². The number of nitrogens with zero attached hydrogens (tertiary/aromatic N) is 2. The summed E-state index contributed by atoms with van der Waals surface area (Å²) in [5.74, 6) is 0.250. The molecule has 118 valence electrons. The zero-order valence-electron chi connectivity index (χ0n) is 11.8. The number of piperazine rings is 1. The molecule has 6 nitrogen and oxygen atoms in total. The van der Waals surface area contributed by atoms with Crippen molar-refractivity contribution < 1.29 is 18.3 Å². The predicted octanol–water partition coefficient (Wildman–Crippen LogP) is 0.647. The van der Waals surface area contributed by atoms with Gasteiger partial charge >= 0.3 is 0 Å². The molecule has 0 radical (unpaired) electrons. The highest BCUT2D eigenvalue weighted by Crippen LogP contribution is 2.29. The van der Waals surface area contributed by atoms with Crippen LogP contribution in [-0.2, 0) is 10.0 Å². The van der Waals surface area contributed by atoms with Crippen molar-refractivity contribution in [1.29, 1.82) is 0 Å². The SMILES string of the molecule is COc1cc(Cl)ccc1S(=O)(=O)N1CCN(CCO)CC1. The lowest BCUT2D eigenvalue weighted by molar-refractivity contribution is 0.151. The molecule has 1 aromatic rings. The van der Waals surface area contributed by atoms with Crippen LogP contribution >= 0.6 is 11.6 Å². The average Bonchev–Trinajstić information content (AvgIpc) is 2.47. The minimum absolute atomic E-state index is 0.0811. The van der Waals surface area contributed by atoms with E-state index in [2.05, 4.69) is 0 Å². The van der Waals surface area contributed by atoms with E-state index in [0.29, 0.717) is 37.7 Å². The van der Waals surface area contributed by atoms with Crippen LogP contribution in [0.1, 0.15) is 0 Å². The van der Waals surface area contributed by atoms with Crippen LogP contribution in [0.2, 0.25) is 5.02 Å². The first kappa shape index (κ1) is 16.5. The molecule has 0 amide bonds. The van der Waals surface area contributed by atoms with Crippen molar-refractivity contribution in [2.75, 3.05) is 46.4 Å². The van der Waals surface area contributed by atoms with E-state index in [-0.39, 0.29) is 17.3 Å². The predicted molar refractivity (Wildman–Crippen MR) is 80.3 cm³/mol. The van der Waals surface area contributed by atoms with E-state index in [0.717, 1.165) is 0 Å². The summed E-state index contributed by atoms with van der Waals surface area (Å²) in [6.45, 7) is 2.66. The molecule has 1 fully saturated rings. The second kappa shape index (κ2) is 6.93. The Hall–Kier alpha value is -0.860. The Balaban J connectivity index is 2.20. The summed E-state index contributed by atoms with van der Waals surface area (Å²) in [6.07, 6.45) is 0. The summed E-state index contributed by atoms with van der Waals surface area (Å²) in [7, 11) is -2.18. The second-order valence-electron chi connectivity index (χ2n) is 4.76. The van der Waals surface area contributed by atoms with Gasteiger partial charge in [-0.2, -0.15) is 4.31 Å². The third-order valence-corrected chi connectivity index (χ3v) is 5.66. The monoisotopic (exact) mass is 334 g/mol. The Bertz CT molecular complexity index is 586. The van der Waals surface area contributed by atoms with Gasteiger partial charge < -0.3 is 9.84 Å². The molecule has 1 N–H and O–H groups in total. The molecule has 0 unspecified atom stereocenters. The normalized spacial score (nSPS) is 17.9. The molecular weight excluding hydrogens is 316 g/mol. The van der Waals surface area contributed by atoms with Gasteiger partial charge in [0.1, 0.15) is 10.6 Å². The topological polar surface area (TPSA) is 70.1 Å². The van der Waals surface area contributed by atoms with E-state index in [4.69, 9.17) is 21.4 Å². The number of aliphatic hydroxyl groups excluding tert-OH is 1. The van der Waals surface area contributed by atoms with E-state index in [9.17, 15) is 8.42 Å². The van der Waals surface area contributed by atoms with Crippen LogP contribution in [0.15, 0.2) is 23.1 Å². The van der Waals surface area contributed by atoms with Gasteiger partial charge in [0.05, 0.1) is 13.7 Å². The van der Waals surface area contributed by atoms with Crippen molar-refractivity contribution in [3.8, 4) is 5.75 Å². The number of halogens is 1. The largest absolute Gasteiger partial charge is 0.495 e. The first-order valence-electron chi connectivity index (χ1n) is 6.66. The minimum Gasteiger partial charge on any atom is -0.495 e. The molecule has 0 bridgehead atoms. The van der Waals surface area contributed by atoms with Gasteiger partial charge in [0.15, 0.2) is 0 Å². The highest BCUT2D eigenvalue weighted by Gasteiger charge is 2.30. The molecule has 1 aromatic carbocycles. The molecule has 0 aliphatic carbocycles. The Labute approximate surface area is 129 Å². The molecule has 1 saturated heterocycles. The lowest BCUT2D eigenvalue weighted by Crippen LogP contribution is -2.49. The molecule has 1 aliphatic heterocycles. The smallest absolute Gasteiger partial charge is 0.246 e. The molecule has 1 aliphatic rings. The van der Waals surface area contributed by atoms with Crippen molar-refractivity contribution in [2.45, 2.75) is 4.90 Å². The minimum atomic E-state index is -3.60. The third kappa shape index (κ3) is 3.67. The molecule has 0 aromatic heterocycles. The van der Waals surface area contributed by atoms with E-state index < -0.39 is 10.0 Å². The molecular formula is C13H19ClN2O4S. The van der Waals surface area contributed by atoms with Gasteiger partial charge in [0.25, 0.3) is 0 Å². The quantitative estimate of drug-likeness (QED) is 0.856. The van der Waals surface area contributed by atoms with Gasteiger partial charge in [-0.3, -0.25) is 4.90 Å². The fourth-order valence-corrected chi connectivity index (χ4v) is 4.05. The average molecular weight is 335 g/mol. The van der Waals surface area contributed by atoms with Crippen molar-refractivity contribution >= 4 is 21.6 Å². The van der Waals surface area contributed by atoms with Crippen LogP contribution in [-0.4, -0.2) is 69.2 Å². The number of methoxy groups -OCH3 is 1. The fraction of sp³-hybridized carbons (Fsp3) is 0.538. The number of β-amino-alcohol motifs (C(OH)–C–C–N with tert-alkyl or cyclic N) is 1. The number of sulfonamides is 1. The number of rotatable bonds is 5. The van der Waals surface area contributed by atoms with Crippen LogP contribution in [0.5, 0.6) is 5.75 Å². The van der Waals surface area contributed by atoms with Crippen molar-refractivity contribution in [3.05, 3.63) is 23.2 Å². The van der Waals surface area contributed by atoms with Crippen LogP contribution in [0, 0.1) is 0 Å². The van der Waals surface area contributed by atoms with Crippen molar-refractivity contribution in [1.82, 2.24) is 9.21 Å². The van der Waals surface area contributed by atoms with Crippen LogP contribution in [0.4, 0.5) is 0 Å². The van der Waals surface area contributed by atoms with Crippen molar-refractivity contribution in [3.63, 3.8) is 0 Å². The first-order chi connectivity index (χ1) is 9.98. The van der Waals surface area contributed by atoms with E-state index in [1.165, 1.54) is 23.5 Å². The molecule has 0 saturated carbocycles. The maximum Gasteiger partial charge on any atom is 0.246 e. The summed E-state index contributed by atoms with van der Waals surface area (Å²) in [4.78, 5) is 2.16. The van der Waals surface area contributed by atoms with E-state index in [1.54, 1.807) is 6.07 Å². The zero-order chi connectivity index (χ0) is 15.5. The van der Waals surface area contributed by atoms with E-state index in [1.807, 2.05) is 4.90 Å². The van der Waals surface area contributed by atoms with Gasteiger partial charge in [0.2, 0.25) is 10.0 Å². The summed E-state index contributed by atoms with van der Waals surface area (Å²) < 4.78 is 31.9. The second-order valence-corrected chi connectivity index (χ2v) is 7.11. The maximum absolute atomic E-state index is 12.7. The highest BCUT2D eigenvalue weighted by molar-refractivity contribution is 7.89. The Morgan fingerprint density at radius 1 is 1.29 bits per heavy atom. The number of benzene rings is 1. The Morgan fingerprint density at radius 2 is 1.95 bits per heavy atom. The van der Waals surface area contributed by atoms with Gasteiger partial charge in [-0.25, -0.2) is 8.42 Å². The van der Waals surface area contributed by atoms with Gasteiger partial charge in [-0.05, 0) is 12.1 Å². The Kier molecular flexibility index (Phi) is 5.45. The molecule has 21 heavy (non-hydrogen) atoms. The Morgan fingerprint density at radius 3 is 2.52 bits per heavy atom. The van der Waals surface area contributed by atoms with Gasteiger partial charge in [-0.1, -0.05) is 11.6 Å². The van der Waals surface area contributed by atoms with Gasteiger partial charge in [-0.15, -0.1) is 0 Å². The zero-order valence-corrected chi connectivity index (χ0v) is 13.4. The summed E-state index contributed by atoms with van der Waals surface area (Å²) in [5.41, 5.74) is 0. The number of ether oxygens (including phenoxy) is 1. The molecule has 1 heterocycles. The number of hydrogen-bond donors (Lipinski definition) is 1. The molecule has 2 rings (SSSR count). The lowest BCUT2D eigenvalue weighted by Gasteiger charge is -2.33. The third-order valence-electron chi connectivity index (χ3n) is 3.49. The first-order valence-corrected chi connectivity index (χ1v) is 8.47. The standard InChI is InChI=1S/C13H19ClN2O4S/c1-20-12-10-11(14)2-3-13(12)21(18,19)16-6-4-15(5-7-16)8-9-17/h2-3,10,17H,4-9H2,1H3. The van der Waals surface area contributed by atoms with Crippen LogP contribution < -0.4 is 4.74 Å². The van der Waals surface area contributed by atoms with Crippen LogP contribution in [0.3, 0.4) is 0 Å². The molecule has 8 heteroatoms. The number of hydrogen-bond acceptors (Lipinski definition) is 5. The fourth-order valence-electron chi connectivity index (χ4n) is 2.33. The highest BCUT2D eigenvalue weighted by atomic mass is 35.5. The van der Waals surface area contributed by atoms with Crippen LogP contribution in [0.25, 0.3) is 0 Å².